The summed E-state index contributed by atoms with van der Waals surface area (Å²) in [7, 11) is 2.00. The van der Waals surface area contributed by atoms with Crippen LogP contribution in [0.25, 0.3) is 0 Å². The molecular weight excluding hydrogens is 447 g/mol. The van der Waals surface area contributed by atoms with Crippen LogP contribution < -0.4 is 5.32 Å². The first-order valence-electron chi connectivity index (χ1n) is 8.99. The molecule has 3 rings (SSSR count). The molecule has 1 aliphatic carbocycles. The molecule has 1 aromatic heterocycles. The van der Waals surface area contributed by atoms with Crippen molar-refractivity contribution in [3.05, 3.63) is 11.6 Å². The highest BCUT2D eigenvalue weighted by atomic mass is 127. The summed E-state index contributed by atoms with van der Waals surface area (Å²) in [6.45, 7) is 9.30. The standard InChI is InChI=1S/C17H30N6S.HI/c1-13-20-21-15(22(13)4)11-18-16(19-14-7-5-6-8-14)23-9-10-24-17(2,3)12-23;/h14H,5-12H2,1-4H3,(H,18,19);1H. The monoisotopic (exact) mass is 478 g/mol. The van der Waals surface area contributed by atoms with Crippen molar-refractivity contribution in [2.75, 3.05) is 18.8 Å². The van der Waals surface area contributed by atoms with Gasteiger partial charge in [0.1, 0.15) is 12.4 Å². The largest absolute Gasteiger partial charge is 0.353 e. The summed E-state index contributed by atoms with van der Waals surface area (Å²) < 4.78 is 2.30. The number of halogens is 1. The molecule has 0 unspecified atom stereocenters. The SMILES string of the molecule is Cc1nnc(CN=C(NC2CCCC2)N2CCSC(C)(C)C2)n1C.I. The molecule has 2 aliphatic rings. The fourth-order valence-electron chi connectivity index (χ4n) is 3.42. The Balaban J connectivity index is 0.00000225. The Bertz CT molecular complexity index is 594. The third-order valence-electron chi connectivity index (χ3n) is 4.97. The fourth-order valence-corrected chi connectivity index (χ4v) is 4.53. The van der Waals surface area contributed by atoms with Crippen molar-refractivity contribution in [1.29, 1.82) is 0 Å². The Morgan fingerprint density at radius 3 is 2.64 bits per heavy atom. The van der Waals surface area contributed by atoms with Gasteiger partial charge in [0.25, 0.3) is 0 Å². The van der Waals surface area contributed by atoms with Gasteiger partial charge in [-0.3, -0.25) is 0 Å². The zero-order chi connectivity index (χ0) is 17.2. The molecule has 1 aliphatic heterocycles. The van der Waals surface area contributed by atoms with Crippen molar-refractivity contribution in [3.63, 3.8) is 0 Å². The van der Waals surface area contributed by atoms with Gasteiger partial charge in [-0.2, -0.15) is 11.8 Å². The van der Waals surface area contributed by atoms with Crippen molar-refractivity contribution in [1.82, 2.24) is 25.0 Å². The zero-order valence-electron chi connectivity index (χ0n) is 15.8. The van der Waals surface area contributed by atoms with E-state index in [-0.39, 0.29) is 28.7 Å². The van der Waals surface area contributed by atoms with Gasteiger partial charge < -0.3 is 14.8 Å². The molecule has 1 N–H and O–H groups in total. The lowest BCUT2D eigenvalue weighted by molar-refractivity contribution is 0.368. The van der Waals surface area contributed by atoms with Gasteiger partial charge in [-0.05, 0) is 33.6 Å². The van der Waals surface area contributed by atoms with Crippen LogP contribution in [0.1, 0.15) is 51.2 Å². The molecule has 0 bridgehead atoms. The van der Waals surface area contributed by atoms with Gasteiger partial charge in [0, 0.05) is 36.7 Å². The van der Waals surface area contributed by atoms with E-state index in [0.29, 0.717) is 12.6 Å². The summed E-state index contributed by atoms with van der Waals surface area (Å²) in [5, 5.41) is 12.1. The van der Waals surface area contributed by atoms with Crippen LogP contribution in [0.2, 0.25) is 0 Å². The van der Waals surface area contributed by atoms with Crippen LogP contribution in [0.5, 0.6) is 0 Å². The summed E-state index contributed by atoms with van der Waals surface area (Å²) >= 11 is 2.05. The average molecular weight is 478 g/mol. The first-order chi connectivity index (χ1) is 11.4. The molecule has 2 fully saturated rings. The van der Waals surface area contributed by atoms with Crippen molar-refractivity contribution in [2.45, 2.75) is 63.8 Å². The lowest BCUT2D eigenvalue weighted by Crippen LogP contribution is -2.52. The molecule has 0 radical (unpaired) electrons. The molecule has 6 nitrogen and oxygen atoms in total. The maximum Gasteiger partial charge on any atom is 0.194 e. The Morgan fingerprint density at radius 1 is 1.32 bits per heavy atom. The first-order valence-corrected chi connectivity index (χ1v) is 9.98. The van der Waals surface area contributed by atoms with E-state index >= 15 is 0 Å². The number of guanidine groups is 1. The van der Waals surface area contributed by atoms with Crippen LogP contribution in [0.3, 0.4) is 0 Å². The minimum atomic E-state index is 0. The third-order valence-corrected chi connectivity index (χ3v) is 6.26. The van der Waals surface area contributed by atoms with Crippen molar-refractivity contribution in [3.8, 4) is 0 Å². The van der Waals surface area contributed by atoms with E-state index in [1.54, 1.807) is 0 Å². The molecular formula is C17H31IN6S. The van der Waals surface area contributed by atoms with Gasteiger partial charge in [0.05, 0.1) is 0 Å². The van der Waals surface area contributed by atoms with E-state index < -0.39 is 0 Å². The molecule has 0 amide bonds. The summed E-state index contributed by atoms with van der Waals surface area (Å²) in [4.78, 5) is 7.35. The third kappa shape index (κ3) is 5.48. The van der Waals surface area contributed by atoms with Crippen molar-refractivity contribution >= 4 is 41.7 Å². The first kappa shape index (κ1) is 20.8. The molecule has 2 heterocycles. The molecule has 0 aromatic carbocycles. The van der Waals surface area contributed by atoms with Crippen LogP contribution in [0.15, 0.2) is 4.99 Å². The smallest absolute Gasteiger partial charge is 0.194 e. The number of rotatable bonds is 3. The number of aliphatic imine (C=N–C) groups is 1. The highest BCUT2D eigenvalue weighted by molar-refractivity contribution is 14.0. The van der Waals surface area contributed by atoms with E-state index in [4.69, 9.17) is 4.99 Å². The second-order valence-corrected chi connectivity index (χ2v) is 9.32. The minimum absolute atomic E-state index is 0. The topological polar surface area (TPSA) is 58.3 Å². The number of hydrogen-bond donors (Lipinski definition) is 1. The average Bonchev–Trinajstić information content (AvgIpc) is 3.15. The minimum Gasteiger partial charge on any atom is -0.353 e. The Labute approximate surface area is 172 Å². The predicted molar refractivity (Wildman–Crippen MR) is 116 cm³/mol. The lowest BCUT2D eigenvalue weighted by atomic mass is 10.2. The number of hydrogen-bond acceptors (Lipinski definition) is 4. The van der Waals surface area contributed by atoms with E-state index in [9.17, 15) is 0 Å². The van der Waals surface area contributed by atoms with Gasteiger partial charge in [-0.25, -0.2) is 4.99 Å². The van der Waals surface area contributed by atoms with Crippen LogP contribution >= 0.6 is 35.7 Å². The molecule has 142 valence electrons. The summed E-state index contributed by atoms with van der Waals surface area (Å²) in [6, 6.07) is 0.572. The Morgan fingerprint density at radius 2 is 2.04 bits per heavy atom. The highest BCUT2D eigenvalue weighted by Crippen LogP contribution is 2.29. The molecule has 25 heavy (non-hydrogen) atoms. The van der Waals surface area contributed by atoms with E-state index in [0.717, 1.165) is 36.5 Å². The normalized spacial score (nSPS) is 21.3. The van der Waals surface area contributed by atoms with Gasteiger partial charge >= 0.3 is 0 Å². The van der Waals surface area contributed by atoms with E-state index in [1.807, 2.05) is 18.5 Å². The van der Waals surface area contributed by atoms with Gasteiger partial charge in [-0.1, -0.05) is 12.8 Å². The van der Waals surface area contributed by atoms with Crippen LogP contribution in [0, 0.1) is 6.92 Å². The molecule has 8 heteroatoms. The van der Waals surface area contributed by atoms with E-state index in [1.165, 1.54) is 25.7 Å². The second-order valence-electron chi connectivity index (χ2n) is 7.52. The second kappa shape index (κ2) is 8.92. The van der Waals surface area contributed by atoms with Gasteiger partial charge in [0.2, 0.25) is 0 Å². The maximum absolute atomic E-state index is 4.92. The number of nitrogens with one attached hydrogen (secondary N) is 1. The maximum atomic E-state index is 4.92. The highest BCUT2D eigenvalue weighted by Gasteiger charge is 2.30. The fraction of sp³-hybridized carbons (Fsp3) is 0.824. The predicted octanol–water partition coefficient (Wildman–Crippen LogP) is 2.96. The Hall–Kier alpha value is -0.510. The zero-order valence-corrected chi connectivity index (χ0v) is 18.9. The number of thioether (sulfide) groups is 1. The van der Waals surface area contributed by atoms with Crippen LogP contribution in [-0.2, 0) is 13.6 Å². The quantitative estimate of drug-likeness (QED) is 0.411. The number of aromatic nitrogens is 3. The number of aryl methyl sites for hydroxylation is 1. The van der Waals surface area contributed by atoms with Crippen LogP contribution in [-0.4, -0.2) is 55.3 Å². The molecule has 1 saturated carbocycles. The lowest BCUT2D eigenvalue weighted by Gasteiger charge is -2.40. The number of nitrogens with zero attached hydrogens (tertiary/aromatic N) is 5. The molecule has 1 saturated heterocycles. The summed E-state index contributed by atoms with van der Waals surface area (Å²) in [5.74, 6) is 4.06. The van der Waals surface area contributed by atoms with E-state index in [2.05, 4.69) is 46.0 Å². The molecule has 0 spiro atoms. The van der Waals surface area contributed by atoms with Crippen molar-refractivity contribution < 1.29 is 0 Å². The van der Waals surface area contributed by atoms with Gasteiger partial charge in [0.15, 0.2) is 11.8 Å². The Kier molecular flexibility index (Phi) is 7.42. The molecule has 1 aromatic rings. The van der Waals surface area contributed by atoms with Crippen molar-refractivity contribution in [2.24, 2.45) is 12.0 Å². The molecule has 0 atom stereocenters. The summed E-state index contributed by atoms with van der Waals surface area (Å²) in [5.41, 5.74) is 0. The van der Waals surface area contributed by atoms with Gasteiger partial charge in [-0.15, -0.1) is 34.2 Å². The van der Waals surface area contributed by atoms with Crippen LogP contribution in [0.4, 0.5) is 0 Å². The summed E-state index contributed by atoms with van der Waals surface area (Å²) in [6.07, 6.45) is 5.17.